The first-order chi connectivity index (χ1) is 33.2. The molecule has 1 heterocycles. The van der Waals surface area contributed by atoms with Crippen LogP contribution in [0.4, 0.5) is 17.1 Å². The molecule has 0 unspecified atom stereocenters. The number of para-hydroxylation sites is 2. The van der Waals surface area contributed by atoms with Crippen molar-refractivity contribution in [2.45, 2.75) is 38.5 Å². The van der Waals surface area contributed by atoms with Crippen LogP contribution in [-0.2, 0) is 10.8 Å². The highest BCUT2D eigenvalue weighted by Crippen LogP contribution is 2.54. The first-order valence-corrected chi connectivity index (χ1v) is 23.8. The molecule has 2 heteroatoms. The van der Waals surface area contributed by atoms with Crippen LogP contribution in [0.2, 0.25) is 0 Å². The molecule has 0 saturated carbocycles. The Kier molecular flexibility index (Phi) is 8.95. The molecule has 11 aromatic rings. The van der Waals surface area contributed by atoms with Crippen molar-refractivity contribution in [2.24, 2.45) is 0 Å². The topological polar surface area (TPSA) is 16.4 Å². The third-order valence-electron chi connectivity index (χ3n) is 15.1. The summed E-state index contributed by atoms with van der Waals surface area (Å²) in [6.07, 6.45) is 0. The highest BCUT2D eigenvalue weighted by Gasteiger charge is 2.38. The van der Waals surface area contributed by atoms with E-state index in [4.69, 9.17) is 4.42 Å². The van der Waals surface area contributed by atoms with Crippen molar-refractivity contribution in [1.82, 2.24) is 0 Å². The van der Waals surface area contributed by atoms with E-state index in [-0.39, 0.29) is 10.8 Å². The van der Waals surface area contributed by atoms with E-state index in [0.29, 0.717) is 0 Å². The Morgan fingerprint density at radius 3 is 1.34 bits per heavy atom. The van der Waals surface area contributed by atoms with Gasteiger partial charge in [-0.1, -0.05) is 198 Å². The van der Waals surface area contributed by atoms with Crippen LogP contribution in [0, 0.1) is 0 Å². The van der Waals surface area contributed by atoms with E-state index in [0.717, 1.165) is 44.6 Å². The minimum atomic E-state index is -0.257. The summed E-state index contributed by atoms with van der Waals surface area (Å²) in [6.45, 7) is 9.54. The van der Waals surface area contributed by atoms with Gasteiger partial charge < -0.3 is 9.32 Å². The van der Waals surface area contributed by atoms with Crippen LogP contribution >= 0.6 is 0 Å². The van der Waals surface area contributed by atoms with Gasteiger partial charge in [0, 0.05) is 44.2 Å². The van der Waals surface area contributed by atoms with Crippen molar-refractivity contribution in [1.29, 1.82) is 0 Å². The van der Waals surface area contributed by atoms with Gasteiger partial charge in [0.15, 0.2) is 0 Å². The average molecular weight is 872 g/mol. The van der Waals surface area contributed by atoms with Gasteiger partial charge in [0.05, 0.1) is 0 Å². The Bertz CT molecular complexity index is 3780. The minimum Gasteiger partial charge on any atom is -0.455 e. The van der Waals surface area contributed by atoms with Gasteiger partial charge in [-0.05, 0) is 138 Å². The summed E-state index contributed by atoms with van der Waals surface area (Å²) in [5.74, 6) is 0. The Hall–Kier alpha value is -8.20. The summed E-state index contributed by atoms with van der Waals surface area (Å²) in [7, 11) is 0. The van der Waals surface area contributed by atoms with E-state index in [1.807, 2.05) is 6.07 Å². The molecule has 13 rings (SSSR count). The second-order valence-electron chi connectivity index (χ2n) is 19.7. The van der Waals surface area contributed by atoms with Crippen molar-refractivity contribution < 1.29 is 4.42 Å². The number of benzene rings is 10. The monoisotopic (exact) mass is 871 g/mol. The van der Waals surface area contributed by atoms with Gasteiger partial charge in [0.1, 0.15) is 11.2 Å². The van der Waals surface area contributed by atoms with Crippen LogP contribution in [0.15, 0.2) is 229 Å². The zero-order chi connectivity index (χ0) is 45.7. The molecule has 2 nitrogen and oxygen atoms in total. The second kappa shape index (κ2) is 15.2. The largest absolute Gasteiger partial charge is 0.455 e. The molecule has 0 amide bonds. The van der Waals surface area contributed by atoms with Crippen molar-refractivity contribution in [2.75, 3.05) is 4.90 Å². The van der Waals surface area contributed by atoms with Crippen molar-refractivity contribution in [3.63, 3.8) is 0 Å². The molecule has 0 spiro atoms. The summed E-state index contributed by atoms with van der Waals surface area (Å²) in [5, 5.41) is 2.30. The zero-order valence-corrected chi connectivity index (χ0v) is 38.7. The fraction of sp³-hybridized carbons (Fsp3) is 0.0909. The summed E-state index contributed by atoms with van der Waals surface area (Å²) in [6, 6.07) is 82.5. The molecule has 2 aliphatic carbocycles. The lowest BCUT2D eigenvalue weighted by atomic mass is 9.81. The van der Waals surface area contributed by atoms with Gasteiger partial charge in [-0.25, -0.2) is 0 Å². The lowest BCUT2D eigenvalue weighted by Crippen LogP contribution is -2.18. The van der Waals surface area contributed by atoms with Crippen molar-refractivity contribution in [3.05, 3.63) is 247 Å². The van der Waals surface area contributed by atoms with E-state index in [1.54, 1.807) is 0 Å². The third-order valence-corrected chi connectivity index (χ3v) is 15.1. The SMILES string of the molecule is CC1(C)c2cc(-c3ccccc3)ccc2-c2ccc(N(c3ccc(-c4ccccc4-c4ccccc4)cc3)c3ccc4c(c3)C(C)(C)c3cc(-c5cccc6c5oc5ccccc56)ccc3-4)cc21. The van der Waals surface area contributed by atoms with Crippen LogP contribution in [0.5, 0.6) is 0 Å². The maximum atomic E-state index is 6.53. The number of hydrogen-bond donors (Lipinski definition) is 0. The minimum absolute atomic E-state index is 0.200. The third kappa shape index (κ3) is 6.17. The molecule has 0 atom stereocenters. The normalized spacial score (nSPS) is 13.8. The molecule has 1 aromatic heterocycles. The van der Waals surface area contributed by atoms with Crippen LogP contribution in [-0.4, -0.2) is 0 Å². The number of furan rings is 1. The fourth-order valence-corrected chi connectivity index (χ4v) is 11.5. The lowest BCUT2D eigenvalue weighted by molar-refractivity contribution is 0.660. The zero-order valence-electron chi connectivity index (χ0n) is 38.7. The Labute approximate surface area is 398 Å². The average Bonchev–Trinajstić information content (AvgIpc) is 3.96. The first kappa shape index (κ1) is 40.1. The quantitative estimate of drug-likeness (QED) is 0.159. The van der Waals surface area contributed by atoms with Gasteiger partial charge in [0.25, 0.3) is 0 Å². The maximum absolute atomic E-state index is 6.53. The van der Waals surface area contributed by atoms with E-state index in [1.165, 1.54) is 83.5 Å². The summed E-state index contributed by atoms with van der Waals surface area (Å²) >= 11 is 0. The molecule has 324 valence electrons. The predicted octanol–water partition coefficient (Wildman–Crippen LogP) is 18.3. The fourth-order valence-electron chi connectivity index (χ4n) is 11.5. The van der Waals surface area contributed by atoms with Crippen LogP contribution < -0.4 is 4.90 Å². The molecular weight excluding hydrogens is 823 g/mol. The first-order valence-electron chi connectivity index (χ1n) is 23.8. The van der Waals surface area contributed by atoms with Crippen molar-refractivity contribution in [3.8, 4) is 66.8 Å². The molecule has 0 aliphatic heterocycles. The number of hydrogen-bond acceptors (Lipinski definition) is 2. The van der Waals surface area contributed by atoms with E-state index < -0.39 is 0 Å². The van der Waals surface area contributed by atoms with Crippen LogP contribution in [0.25, 0.3) is 88.7 Å². The highest BCUT2D eigenvalue weighted by atomic mass is 16.3. The van der Waals surface area contributed by atoms with Crippen LogP contribution in [0.1, 0.15) is 49.9 Å². The van der Waals surface area contributed by atoms with E-state index in [2.05, 4.69) is 251 Å². The molecule has 0 bridgehead atoms. The molecule has 0 N–H and O–H groups in total. The summed E-state index contributed by atoms with van der Waals surface area (Å²) in [5.41, 5.74) is 25.0. The molecule has 10 aromatic carbocycles. The van der Waals surface area contributed by atoms with Crippen molar-refractivity contribution >= 4 is 39.0 Å². The molecule has 2 aliphatic rings. The number of anilines is 3. The van der Waals surface area contributed by atoms with E-state index >= 15 is 0 Å². The lowest BCUT2D eigenvalue weighted by Gasteiger charge is -2.30. The van der Waals surface area contributed by atoms with Gasteiger partial charge in [-0.15, -0.1) is 0 Å². The number of nitrogens with zero attached hydrogens (tertiary/aromatic N) is 1. The number of rotatable bonds is 7. The highest BCUT2D eigenvalue weighted by molar-refractivity contribution is 6.09. The maximum Gasteiger partial charge on any atom is 0.143 e. The summed E-state index contributed by atoms with van der Waals surface area (Å²) < 4.78 is 6.53. The van der Waals surface area contributed by atoms with Gasteiger partial charge in [-0.3, -0.25) is 0 Å². The smallest absolute Gasteiger partial charge is 0.143 e. The van der Waals surface area contributed by atoms with Gasteiger partial charge in [-0.2, -0.15) is 0 Å². The Morgan fingerprint density at radius 1 is 0.294 bits per heavy atom. The second-order valence-corrected chi connectivity index (χ2v) is 19.7. The summed E-state index contributed by atoms with van der Waals surface area (Å²) in [4.78, 5) is 2.47. The number of fused-ring (bicyclic) bond motifs is 9. The Balaban J connectivity index is 0.926. The standard InChI is InChI=1S/C66H49NO/c1-65(2)59-38-45(42-16-7-5-8-17-42)28-34-53(59)55-36-32-48(40-61(55)65)67(47-30-26-44(27-31-47)51-21-12-11-20-50(51)43-18-9-6-10-19-43)49-33-37-56-54-35-29-46(39-60(54)66(3,4)62(56)41-49)52-23-15-24-58-57-22-13-14-25-63(57)68-64(52)58/h5-41H,1-4H3. The van der Waals surface area contributed by atoms with Gasteiger partial charge >= 0.3 is 0 Å². The molecule has 0 fully saturated rings. The Morgan fingerprint density at radius 2 is 0.721 bits per heavy atom. The molecule has 0 saturated heterocycles. The van der Waals surface area contributed by atoms with Crippen LogP contribution in [0.3, 0.4) is 0 Å². The van der Waals surface area contributed by atoms with Gasteiger partial charge in [0.2, 0.25) is 0 Å². The predicted molar refractivity (Wildman–Crippen MR) is 285 cm³/mol. The molecular formula is C66H49NO. The molecule has 68 heavy (non-hydrogen) atoms. The van der Waals surface area contributed by atoms with E-state index in [9.17, 15) is 0 Å². The molecule has 0 radical (unpaired) electrons.